The van der Waals surface area contributed by atoms with Gasteiger partial charge in [-0.05, 0) is 13.3 Å². The van der Waals surface area contributed by atoms with Gasteiger partial charge >= 0.3 is 5.97 Å². The molecule has 0 aromatic heterocycles. The van der Waals surface area contributed by atoms with Crippen molar-refractivity contribution >= 4 is 5.97 Å². The minimum absolute atomic E-state index is 0.265. The third-order valence-corrected chi connectivity index (χ3v) is 2.38. The minimum atomic E-state index is -0.572. The van der Waals surface area contributed by atoms with E-state index < -0.39 is 12.2 Å². The summed E-state index contributed by atoms with van der Waals surface area (Å²) in [5.74, 6) is -0.346. The van der Waals surface area contributed by atoms with E-state index >= 15 is 0 Å². The van der Waals surface area contributed by atoms with E-state index in [0.29, 0.717) is 13.0 Å². The lowest BCUT2D eigenvalue weighted by Crippen LogP contribution is -2.23. The summed E-state index contributed by atoms with van der Waals surface area (Å²) in [6.07, 6.45) is 0.842. The molecule has 1 heterocycles. The van der Waals surface area contributed by atoms with Gasteiger partial charge < -0.3 is 14.6 Å². The summed E-state index contributed by atoms with van der Waals surface area (Å²) in [5.41, 5.74) is 0. The van der Waals surface area contributed by atoms with Crippen LogP contribution in [0.4, 0.5) is 0 Å². The summed E-state index contributed by atoms with van der Waals surface area (Å²) in [6, 6.07) is 0. The third-order valence-electron chi connectivity index (χ3n) is 2.38. The maximum Gasteiger partial charge on any atom is 0.335 e. The van der Waals surface area contributed by atoms with Crippen molar-refractivity contribution in [2.45, 2.75) is 51.4 Å². The average Bonchev–Trinajstić information content (AvgIpc) is 2.47. The zero-order valence-electron chi connectivity index (χ0n) is 8.73. The molecule has 1 aliphatic heterocycles. The fourth-order valence-electron chi connectivity index (χ4n) is 1.38. The van der Waals surface area contributed by atoms with Crippen molar-refractivity contribution in [3.8, 4) is 0 Å². The van der Waals surface area contributed by atoms with Gasteiger partial charge in [-0.2, -0.15) is 0 Å². The number of carbonyl (C=O) groups is 1. The standard InChI is InChI=1S/C10H18O4/c1-3-4-5-13-10(12)9-6-8(11)7(2)14-9/h7-9,11H,3-6H2,1-2H3/t7-,8+,9+/m0/s1. The zero-order valence-corrected chi connectivity index (χ0v) is 8.73. The largest absolute Gasteiger partial charge is 0.464 e. The number of aliphatic hydroxyl groups is 1. The van der Waals surface area contributed by atoms with Crippen LogP contribution in [0, 0.1) is 0 Å². The lowest BCUT2D eigenvalue weighted by molar-refractivity contribution is -0.156. The second-order valence-electron chi connectivity index (χ2n) is 3.65. The first-order chi connectivity index (χ1) is 6.65. The zero-order chi connectivity index (χ0) is 10.6. The van der Waals surface area contributed by atoms with Gasteiger partial charge in [-0.25, -0.2) is 4.79 Å². The number of carbonyl (C=O) groups excluding carboxylic acids is 1. The Morgan fingerprint density at radius 1 is 1.64 bits per heavy atom. The van der Waals surface area contributed by atoms with Crippen molar-refractivity contribution in [1.82, 2.24) is 0 Å². The molecule has 0 spiro atoms. The van der Waals surface area contributed by atoms with Crippen molar-refractivity contribution in [3.05, 3.63) is 0 Å². The molecule has 0 aromatic rings. The van der Waals surface area contributed by atoms with Crippen LogP contribution in [-0.2, 0) is 14.3 Å². The van der Waals surface area contributed by atoms with Crippen LogP contribution in [0.5, 0.6) is 0 Å². The first-order valence-corrected chi connectivity index (χ1v) is 5.15. The number of aliphatic hydroxyl groups excluding tert-OH is 1. The molecule has 0 bridgehead atoms. The lowest BCUT2D eigenvalue weighted by atomic mass is 10.1. The van der Waals surface area contributed by atoms with Crippen LogP contribution in [0.25, 0.3) is 0 Å². The Bertz CT molecular complexity index is 183. The maximum atomic E-state index is 11.4. The SMILES string of the molecule is CCCCOC(=O)[C@H]1C[C@@H](O)[C@H](C)O1. The number of esters is 1. The van der Waals surface area contributed by atoms with E-state index in [0.717, 1.165) is 12.8 Å². The fourth-order valence-corrected chi connectivity index (χ4v) is 1.38. The molecule has 1 N–H and O–H groups in total. The van der Waals surface area contributed by atoms with Crippen LogP contribution >= 0.6 is 0 Å². The average molecular weight is 202 g/mol. The predicted molar refractivity (Wildman–Crippen MR) is 50.8 cm³/mol. The molecule has 3 atom stereocenters. The van der Waals surface area contributed by atoms with Gasteiger partial charge in [0.25, 0.3) is 0 Å². The van der Waals surface area contributed by atoms with E-state index in [2.05, 4.69) is 0 Å². The Balaban J connectivity index is 2.25. The van der Waals surface area contributed by atoms with Crippen molar-refractivity contribution < 1.29 is 19.4 Å². The quantitative estimate of drug-likeness (QED) is 0.543. The molecule has 14 heavy (non-hydrogen) atoms. The minimum Gasteiger partial charge on any atom is -0.464 e. The number of hydrogen-bond donors (Lipinski definition) is 1. The molecule has 4 heteroatoms. The molecule has 0 unspecified atom stereocenters. The Kier molecular flexibility index (Phi) is 4.35. The Hall–Kier alpha value is -0.610. The topological polar surface area (TPSA) is 55.8 Å². The molecule has 1 rings (SSSR count). The van der Waals surface area contributed by atoms with Crippen molar-refractivity contribution in [3.63, 3.8) is 0 Å². The normalized spacial score (nSPS) is 31.8. The highest BCUT2D eigenvalue weighted by molar-refractivity contribution is 5.75. The van der Waals surface area contributed by atoms with Gasteiger partial charge in [0.05, 0.1) is 18.8 Å². The summed E-state index contributed by atoms with van der Waals surface area (Å²) in [6.45, 7) is 4.23. The Morgan fingerprint density at radius 3 is 2.86 bits per heavy atom. The van der Waals surface area contributed by atoms with Crippen LogP contribution in [0.15, 0.2) is 0 Å². The van der Waals surface area contributed by atoms with Crippen molar-refractivity contribution in [1.29, 1.82) is 0 Å². The number of hydrogen-bond acceptors (Lipinski definition) is 4. The van der Waals surface area contributed by atoms with Crippen LogP contribution < -0.4 is 0 Å². The van der Waals surface area contributed by atoms with Gasteiger partial charge in [0.2, 0.25) is 0 Å². The highest BCUT2D eigenvalue weighted by Crippen LogP contribution is 2.20. The molecular weight excluding hydrogens is 184 g/mol. The predicted octanol–water partition coefficient (Wildman–Crippen LogP) is 0.868. The molecule has 1 fully saturated rings. The van der Waals surface area contributed by atoms with Gasteiger partial charge in [-0.15, -0.1) is 0 Å². The maximum absolute atomic E-state index is 11.4. The van der Waals surface area contributed by atoms with Gasteiger partial charge in [0.15, 0.2) is 6.10 Å². The number of unbranched alkanes of at least 4 members (excludes halogenated alkanes) is 1. The third kappa shape index (κ3) is 2.96. The van der Waals surface area contributed by atoms with E-state index in [-0.39, 0.29) is 12.1 Å². The number of rotatable bonds is 4. The van der Waals surface area contributed by atoms with E-state index in [1.54, 1.807) is 6.92 Å². The first-order valence-electron chi connectivity index (χ1n) is 5.15. The molecule has 0 saturated carbocycles. The van der Waals surface area contributed by atoms with Gasteiger partial charge in [-0.3, -0.25) is 0 Å². The monoisotopic (exact) mass is 202 g/mol. The molecule has 0 amide bonds. The highest BCUT2D eigenvalue weighted by atomic mass is 16.6. The summed E-state index contributed by atoms with van der Waals surface area (Å²) >= 11 is 0. The fraction of sp³-hybridized carbons (Fsp3) is 0.900. The first kappa shape index (κ1) is 11.5. The smallest absolute Gasteiger partial charge is 0.335 e. The molecule has 0 aromatic carbocycles. The molecule has 0 radical (unpaired) electrons. The van der Waals surface area contributed by atoms with Crippen molar-refractivity contribution in [2.24, 2.45) is 0 Å². The summed E-state index contributed by atoms with van der Waals surface area (Å²) in [4.78, 5) is 11.4. The summed E-state index contributed by atoms with van der Waals surface area (Å²) < 4.78 is 10.2. The summed E-state index contributed by atoms with van der Waals surface area (Å²) in [5, 5.41) is 9.36. The van der Waals surface area contributed by atoms with Crippen LogP contribution in [-0.4, -0.2) is 36.0 Å². The van der Waals surface area contributed by atoms with Crippen LogP contribution in [0.3, 0.4) is 0 Å². The van der Waals surface area contributed by atoms with E-state index in [4.69, 9.17) is 9.47 Å². The summed E-state index contributed by atoms with van der Waals surface area (Å²) in [7, 11) is 0. The van der Waals surface area contributed by atoms with E-state index in [9.17, 15) is 9.90 Å². The molecule has 1 saturated heterocycles. The van der Waals surface area contributed by atoms with Crippen LogP contribution in [0.1, 0.15) is 33.1 Å². The molecule has 1 aliphatic rings. The Morgan fingerprint density at radius 2 is 2.36 bits per heavy atom. The number of ether oxygens (including phenoxy) is 2. The van der Waals surface area contributed by atoms with Crippen LogP contribution in [0.2, 0.25) is 0 Å². The second kappa shape index (κ2) is 5.32. The van der Waals surface area contributed by atoms with Gasteiger partial charge in [0, 0.05) is 6.42 Å². The Labute approximate surface area is 84.2 Å². The molecule has 4 nitrogen and oxygen atoms in total. The lowest BCUT2D eigenvalue weighted by Gasteiger charge is -2.09. The van der Waals surface area contributed by atoms with Gasteiger partial charge in [-0.1, -0.05) is 13.3 Å². The van der Waals surface area contributed by atoms with Gasteiger partial charge in [0.1, 0.15) is 0 Å². The van der Waals surface area contributed by atoms with E-state index in [1.807, 2.05) is 6.92 Å². The highest BCUT2D eigenvalue weighted by Gasteiger charge is 2.36. The molecule has 0 aliphatic carbocycles. The second-order valence-corrected chi connectivity index (χ2v) is 3.65. The van der Waals surface area contributed by atoms with E-state index in [1.165, 1.54) is 0 Å². The molecule has 82 valence electrons. The molecular formula is C10H18O4. The van der Waals surface area contributed by atoms with Crippen molar-refractivity contribution in [2.75, 3.05) is 6.61 Å².